The third-order valence-electron chi connectivity index (χ3n) is 9.89. The molecular formula is C33H47FN6. The van der Waals surface area contributed by atoms with Crippen LogP contribution < -0.4 is 10.6 Å². The molecule has 0 radical (unpaired) electrons. The second-order valence-electron chi connectivity index (χ2n) is 13.1. The first-order chi connectivity index (χ1) is 19.1. The maximum Gasteiger partial charge on any atom is 0.135 e. The van der Waals surface area contributed by atoms with E-state index in [0.29, 0.717) is 23.8 Å². The number of anilines is 2. The molecule has 3 atom stereocenters. The Balaban J connectivity index is 0.000000269. The fourth-order valence-corrected chi connectivity index (χ4v) is 7.48. The van der Waals surface area contributed by atoms with E-state index in [2.05, 4.69) is 56.7 Å². The summed E-state index contributed by atoms with van der Waals surface area (Å²) in [5.74, 6) is 2.05. The molecule has 1 saturated carbocycles. The highest BCUT2D eigenvalue weighted by molar-refractivity contribution is 5.63. The van der Waals surface area contributed by atoms with Gasteiger partial charge in [0.15, 0.2) is 0 Å². The van der Waals surface area contributed by atoms with E-state index in [-0.39, 0.29) is 11.0 Å². The molecule has 216 valence electrons. The van der Waals surface area contributed by atoms with E-state index in [9.17, 15) is 9.65 Å². The smallest absolute Gasteiger partial charge is 0.135 e. The molecule has 3 fully saturated rings. The third kappa shape index (κ3) is 5.44. The van der Waals surface area contributed by atoms with Crippen molar-refractivity contribution in [1.29, 1.82) is 5.26 Å². The molecular weight excluding hydrogens is 499 g/mol. The highest BCUT2D eigenvalue weighted by Crippen LogP contribution is 2.45. The van der Waals surface area contributed by atoms with Crippen molar-refractivity contribution >= 4 is 11.5 Å². The zero-order valence-electron chi connectivity index (χ0n) is 25.2. The van der Waals surface area contributed by atoms with Crippen molar-refractivity contribution < 1.29 is 4.39 Å². The van der Waals surface area contributed by atoms with Crippen LogP contribution in [0.2, 0.25) is 0 Å². The normalized spacial score (nSPS) is 27.4. The van der Waals surface area contributed by atoms with Crippen molar-refractivity contribution in [2.45, 2.75) is 121 Å². The van der Waals surface area contributed by atoms with Gasteiger partial charge in [-0.15, -0.1) is 0 Å². The number of rotatable bonds is 6. The molecule has 2 aliphatic heterocycles. The molecule has 1 aromatic heterocycles. The summed E-state index contributed by atoms with van der Waals surface area (Å²) in [4.78, 5) is 14.6. The van der Waals surface area contributed by atoms with Gasteiger partial charge in [0.2, 0.25) is 0 Å². The van der Waals surface area contributed by atoms with Crippen LogP contribution in [0.4, 0.5) is 15.9 Å². The van der Waals surface area contributed by atoms with Gasteiger partial charge in [0.05, 0.1) is 11.3 Å². The number of nitrogens with zero attached hydrogens (tertiary/aromatic N) is 5. The van der Waals surface area contributed by atoms with Crippen LogP contribution in [0, 0.1) is 11.3 Å². The molecule has 2 N–H and O–H groups in total. The number of nitriles is 1. The number of hydrogen-bond acceptors (Lipinski definition) is 6. The van der Waals surface area contributed by atoms with Gasteiger partial charge in [0.25, 0.3) is 0 Å². The number of nitrogens with two attached hydrogens (primary N) is 1. The number of halogens is 1. The third-order valence-corrected chi connectivity index (χ3v) is 9.89. The number of fused-ring (bicyclic) bond motifs is 2. The average Bonchev–Trinajstić information content (AvgIpc) is 3.66. The van der Waals surface area contributed by atoms with E-state index in [1.54, 1.807) is 0 Å². The quantitative estimate of drug-likeness (QED) is 0.443. The molecule has 0 amide bonds. The fraction of sp³-hybridized carbons (Fsp3) is 0.667. The molecule has 3 heterocycles. The number of nitrogen functional groups attached to an aromatic ring is 1. The summed E-state index contributed by atoms with van der Waals surface area (Å²) in [6.07, 6.45) is 10.8. The molecule has 0 spiro atoms. The van der Waals surface area contributed by atoms with E-state index < -0.39 is 6.17 Å². The van der Waals surface area contributed by atoms with Gasteiger partial charge in [0.1, 0.15) is 23.9 Å². The zero-order chi connectivity index (χ0) is 28.7. The first-order valence-corrected chi connectivity index (χ1v) is 15.4. The van der Waals surface area contributed by atoms with Crippen molar-refractivity contribution in [3.8, 4) is 6.07 Å². The van der Waals surface area contributed by atoms with Gasteiger partial charge in [-0.2, -0.15) is 5.26 Å². The molecule has 6 nitrogen and oxygen atoms in total. The highest BCUT2D eigenvalue weighted by Gasteiger charge is 2.45. The number of benzene rings is 1. The Kier molecular flexibility index (Phi) is 8.12. The number of alkyl halides is 1. The molecule has 1 aromatic carbocycles. The summed E-state index contributed by atoms with van der Waals surface area (Å²) in [6.45, 7) is 10.6. The standard InChI is InChI=1S/C25H33N5.C8H14FN/c1-5-7-16-8-11-20(27)19(15-26)23(16)25(3)13-12-18-21(14-25)28-22(6-2)29-24(18)30(4)17-9-10-17;1-8-3-2-4-10(8)6-7(9)5-8/h8,11,17H,5-7,9-10,12-14,27H2,1-4H3;7H,2-6H2,1H3. The Morgan fingerprint density at radius 3 is 2.62 bits per heavy atom. The molecule has 2 aliphatic carbocycles. The first kappa shape index (κ1) is 28.8. The van der Waals surface area contributed by atoms with Gasteiger partial charge < -0.3 is 10.6 Å². The molecule has 40 heavy (non-hydrogen) atoms. The Morgan fingerprint density at radius 2 is 1.98 bits per heavy atom. The topological polar surface area (TPSA) is 82.1 Å². The van der Waals surface area contributed by atoms with Crippen molar-refractivity contribution in [3.05, 3.63) is 45.9 Å². The molecule has 2 aromatic rings. The van der Waals surface area contributed by atoms with Gasteiger partial charge in [0, 0.05) is 48.3 Å². The summed E-state index contributed by atoms with van der Waals surface area (Å²) in [7, 11) is 2.18. The Bertz CT molecular complexity index is 1280. The average molecular weight is 547 g/mol. The maximum absolute atomic E-state index is 12.8. The van der Waals surface area contributed by atoms with Crippen LogP contribution in [0.25, 0.3) is 0 Å². The molecule has 2 saturated heterocycles. The monoisotopic (exact) mass is 546 g/mol. The lowest BCUT2D eigenvalue weighted by atomic mass is 9.67. The molecule has 4 aliphatic rings. The fourth-order valence-electron chi connectivity index (χ4n) is 7.48. The lowest BCUT2D eigenvalue weighted by Crippen LogP contribution is -2.35. The van der Waals surface area contributed by atoms with Crippen LogP contribution in [0.15, 0.2) is 12.1 Å². The van der Waals surface area contributed by atoms with Gasteiger partial charge in [-0.1, -0.05) is 33.3 Å². The summed E-state index contributed by atoms with van der Waals surface area (Å²) < 4.78 is 12.8. The predicted octanol–water partition coefficient (Wildman–Crippen LogP) is 6.07. The van der Waals surface area contributed by atoms with Crippen LogP contribution in [0.1, 0.15) is 106 Å². The molecule has 3 unspecified atom stereocenters. The Morgan fingerprint density at radius 1 is 1.20 bits per heavy atom. The van der Waals surface area contributed by atoms with Crippen molar-refractivity contribution in [3.63, 3.8) is 0 Å². The van der Waals surface area contributed by atoms with Crippen LogP contribution in [-0.4, -0.2) is 52.8 Å². The van der Waals surface area contributed by atoms with Crippen LogP contribution in [0.5, 0.6) is 0 Å². The summed E-state index contributed by atoms with van der Waals surface area (Å²) >= 11 is 0. The SMILES string of the molecule is CC12CCCN1CC(F)C2.CCCc1ccc(N)c(C#N)c1C1(C)CCc2c(nc(CC)nc2N(C)C2CC2)C1. The Labute approximate surface area is 240 Å². The van der Waals surface area contributed by atoms with Crippen LogP contribution >= 0.6 is 0 Å². The van der Waals surface area contributed by atoms with E-state index in [1.165, 1.54) is 36.8 Å². The van der Waals surface area contributed by atoms with Gasteiger partial charge >= 0.3 is 0 Å². The first-order valence-electron chi connectivity index (χ1n) is 15.4. The van der Waals surface area contributed by atoms with E-state index >= 15 is 0 Å². The van der Waals surface area contributed by atoms with Crippen LogP contribution in [0.3, 0.4) is 0 Å². The number of aromatic nitrogens is 2. The van der Waals surface area contributed by atoms with Crippen molar-refractivity contribution in [1.82, 2.24) is 14.9 Å². The molecule has 7 heteroatoms. The zero-order valence-corrected chi connectivity index (χ0v) is 25.2. The highest BCUT2D eigenvalue weighted by atomic mass is 19.1. The number of hydrogen-bond donors (Lipinski definition) is 1. The minimum Gasteiger partial charge on any atom is -0.398 e. The second kappa shape index (κ2) is 11.3. The lowest BCUT2D eigenvalue weighted by molar-refractivity contribution is 0.217. The van der Waals surface area contributed by atoms with Gasteiger partial charge in [-0.05, 0) is 88.4 Å². The minimum absolute atomic E-state index is 0.146. The molecule has 0 bridgehead atoms. The predicted molar refractivity (Wildman–Crippen MR) is 161 cm³/mol. The summed E-state index contributed by atoms with van der Waals surface area (Å²) in [5.41, 5.74) is 12.5. The molecule has 6 rings (SSSR count). The number of aryl methyl sites for hydroxylation is 2. The van der Waals surface area contributed by atoms with E-state index in [0.717, 1.165) is 74.4 Å². The van der Waals surface area contributed by atoms with Gasteiger partial charge in [-0.3, -0.25) is 4.90 Å². The summed E-state index contributed by atoms with van der Waals surface area (Å²) in [5, 5.41) is 9.94. The minimum atomic E-state index is -0.551. The van der Waals surface area contributed by atoms with E-state index in [1.807, 2.05) is 6.07 Å². The Hall–Kier alpha value is -2.72. The van der Waals surface area contributed by atoms with Crippen LogP contribution in [-0.2, 0) is 31.1 Å². The van der Waals surface area contributed by atoms with Crippen molar-refractivity contribution in [2.24, 2.45) is 0 Å². The van der Waals surface area contributed by atoms with Gasteiger partial charge in [-0.25, -0.2) is 14.4 Å². The van der Waals surface area contributed by atoms with Crippen molar-refractivity contribution in [2.75, 3.05) is 30.8 Å². The maximum atomic E-state index is 12.8. The second-order valence-corrected chi connectivity index (χ2v) is 13.1. The largest absolute Gasteiger partial charge is 0.398 e. The van der Waals surface area contributed by atoms with E-state index in [4.69, 9.17) is 15.7 Å². The summed E-state index contributed by atoms with van der Waals surface area (Å²) in [6, 6.07) is 7.06. The lowest BCUT2D eigenvalue weighted by Gasteiger charge is -2.38.